The summed E-state index contributed by atoms with van der Waals surface area (Å²) in [6.45, 7) is 0.873. The van der Waals surface area contributed by atoms with Crippen LogP contribution in [-0.2, 0) is 11.2 Å². The molecule has 0 bridgehead atoms. The number of hydrogen-bond donors (Lipinski definition) is 0. The molecule has 2 nitrogen and oxygen atoms in total. The van der Waals surface area contributed by atoms with Crippen LogP contribution in [0.1, 0.15) is 17.5 Å². The predicted molar refractivity (Wildman–Crippen MR) is 63.4 cm³/mol. The zero-order valence-corrected chi connectivity index (χ0v) is 9.88. The third-order valence-corrected chi connectivity index (χ3v) is 2.30. The average Bonchev–Trinajstić information content (AvgIpc) is 2.48. The Balaban J connectivity index is 0.000000280. The highest BCUT2D eigenvalue weighted by molar-refractivity contribution is 6.50. The molecule has 1 aliphatic rings. The Bertz CT molecular complexity index is 414. The Labute approximate surface area is 103 Å². The van der Waals surface area contributed by atoms with Gasteiger partial charge in [-0.05, 0) is 24.5 Å². The molecule has 0 radical (unpaired) electrons. The van der Waals surface area contributed by atoms with E-state index in [1.165, 1.54) is 5.56 Å². The number of aryl methyl sites for hydroxylation is 1. The van der Waals surface area contributed by atoms with Gasteiger partial charge in [0.2, 0.25) is 5.90 Å². The summed E-state index contributed by atoms with van der Waals surface area (Å²) in [5, 5.41) is 0. The summed E-state index contributed by atoms with van der Waals surface area (Å²) in [6, 6.07) is 8.31. The largest absolute Gasteiger partial charge is 0.673 e. The lowest BCUT2D eigenvalue weighted by atomic mass is 10.0. The summed E-state index contributed by atoms with van der Waals surface area (Å²) in [7, 11) is -4.32. The van der Waals surface area contributed by atoms with Crippen molar-refractivity contribution in [3.8, 4) is 0 Å². The summed E-state index contributed by atoms with van der Waals surface area (Å²) >= 11 is 0. The maximum absolute atomic E-state index is 9.75. The van der Waals surface area contributed by atoms with Gasteiger partial charge in [-0.25, -0.2) is 0 Å². The highest BCUT2D eigenvalue weighted by Crippen LogP contribution is 2.16. The number of ether oxygens (including phenoxy) is 1. The van der Waals surface area contributed by atoms with Gasteiger partial charge < -0.3 is 22.0 Å². The monoisotopic (exact) mass is 262 g/mol. The predicted octanol–water partition coefficient (Wildman–Crippen LogP) is 3.33. The van der Waals surface area contributed by atoms with Crippen LogP contribution in [0.15, 0.2) is 29.3 Å². The van der Waals surface area contributed by atoms with E-state index in [0.29, 0.717) is 0 Å². The lowest BCUT2D eigenvalue weighted by Crippen LogP contribution is -2.05. The second-order valence-corrected chi connectivity index (χ2v) is 3.65. The molecular formula is C11H13BF4NO-. The first kappa shape index (κ1) is 14.5. The van der Waals surface area contributed by atoms with E-state index in [-0.39, 0.29) is 0 Å². The molecule has 1 aromatic rings. The van der Waals surface area contributed by atoms with Crippen molar-refractivity contribution >= 4 is 13.2 Å². The van der Waals surface area contributed by atoms with Crippen molar-refractivity contribution in [2.45, 2.75) is 12.8 Å². The van der Waals surface area contributed by atoms with Gasteiger partial charge in [-0.2, -0.15) is 0 Å². The second-order valence-electron chi connectivity index (χ2n) is 3.65. The standard InChI is InChI=1S/C11H13NO.BF4/c1-13-11-10-7-3-2-5-9(10)6-4-8-12-11;2-1(3,4)5/h2-3,5,7H,4,6,8H2,1H3;/q;-1. The van der Waals surface area contributed by atoms with E-state index in [4.69, 9.17) is 4.74 Å². The van der Waals surface area contributed by atoms with Gasteiger partial charge in [-0.15, -0.1) is 0 Å². The molecule has 0 spiro atoms. The molecule has 0 amide bonds. The molecule has 7 heteroatoms. The molecule has 1 aromatic carbocycles. The van der Waals surface area contributed by atoms with Crippen molar-refractivity contribution in [3.05, 3.63) is 35.4 Å². The molecule has 1 aliphatic heterocycles. The highest BCUT2D eigenvalue weighted by atomic mass is 19.5. The van der Waals surface area contributed by atoms with Gasteiger partial charge in [-0.1, -0.05) is 18.2 Å². The number of methoxy groups -OCH3 is 1. The lowest BCUT2D eigenvalue weighted by Gasteiger charge is -2.06. The quantitative estimate of drug-likeness (QED) is 0.519. The fraction of sp³-hybridized carbons (Fsp3) is 0.364. The Morgan fingerprint density at radius 3 is 2.39 bits per heavy atom. The summed E-state index contributed by atoms with van der Waals surface area (Å²) in [5.41, 5.74) is 2.50. The van der Waals surface area contributed by atoms with Gasteiger partial charge in [0.25, 0.3) is 0 Å². The lowest BCUT2D eigenvalue weighted by molar-refractivity contribution is 0.368. The highest BCUT2D eigenvalue weighted by Gasteiger charge is 2.20. The number of hydrogen-bond acceptors (Lipinski definition) is 2. The molecule has 0 saturated carbocycles. The van der Waals surface area contributed by atoms with Crippen molar-refractivity contribution in [1.29, 1.82) is 0 Å². The smallest absolute Gasteiger partial charge is 0.481 e. The Morgan fingerprint density at radius 1 is 1.17 bits per heavy atom. The molecule has 0 fully saturated rings. The SMILES string of the molecule is COC1=NCCCc2ccccc21.F[B-](F)(F)F. The third kappa shape index (κ3) is 5.20. The maximum Gasteiger partial charge on any atom is 0.673 e. The van der Waals surface area contributed by atoms with Gasteiger partial charge in [0.15, 0.2) is 0 Å². The van der Waals surface area contributed by atoms with Crippen molar-refractivity contribution in [1.82, 2.24) is 0 Å². The molecular weight excluding hydrogens is 249 g/mol. The fourth-order valence-electron chi connectivity index (χ4n) is 1.66. The van der Waals surface area contributed by atoms with Crippen LogP contribution in [0, 0.1) is 0 Å². The zero-order chi connectivity index (χ0) is 13.6. The van der Waals surface area contributed by atoms with Crippen LogP contribution in [0.5, 0.6) is 0 Å². The molecule has 0 unspecified atom stereocenters. The van der Waals surface area contributed by atoms with Gasteiger partial charge in [0.05, 0.1) is 7.11 Å². The van der Waals surface area contributed by atoms with Crippen LogP contribution in [0.4, 0.5) is 17.3 Å². The molecule has 1 heterocycles. The summed E-state index contributed by atoms with van der Waals surface area (Å²) < 4.78 is 44.2. The first-order chi connectivity index (χ1) is 8.42. The first-order valence-corrected chi connectivity index (χ1v) is 5.46. The number of fused-ring (bicyclic) bond motifs is 1. The minimum atomic E-state index is -6.00. The minimum absolute atomic E-state index is 0.785. The molecule has 2 rings (SSSR count). The van der Waals surface area contributed by atoms with Gasteiger partial charge in [-0.3, -0.25) is 4.99 Å². The van der Waals surface area contributed by atoms with Gasteiger partial charge in [0, 0.05) is 12.1 Å². The Hall–Kier alpha value is -1.53. The topological polar surface area (TPSA) is 21.6 Å². The van der Waals surface area contributed by atoms with Gasteiger partial charge >= 0.3 is 7.25 Å². The van der Waals surface area contributed by atoms with E-state index in [2.05, 4.69) is 23.2 Å². The van der Waals surface area contributed by atoms with E-state index < -0.39 is 7.25 Å². The average molecular weight is 262 g/mol. The summed E-state index contributed by atoms with van der Waals surface area (Å²) in [6.07, 6.45) is 2.22. The van der Waals surface area contributed by atoms with E-state index in [9.17, 15) is 17.3 Å². The molecule has 18 heavy (non-hydrogen) atoms. The molecule has 0 saturated heterocycles. The zero-order valence-electron chi connectivity index (χ0n) is 9.88. The van der Waals surface area contributed by atoms with Crippen LogP contribution >= 0.6 is 0 Å². The number of halogens is 4. The van der Waals surface area contributed by atoms with E-state index in [1.807, 2.05) is 6.07 Å². The van der Waals surface area contributed by atoms with E-state index in [1.54, 1.807) is 7.11 Å². The third-order valence-electron chi connectivity index (χ3n) is 2.30. The molecule has 0 aromatic heterocycles. The fourth-order valence-corrected chi connectivity index (χ4v) is 1.66. The van der Waals surface area contributed by atoms with Crippen molar-refractivity contribution in [2.24, 2.45) is 4.99 Å². The van der Waals surface area contributed by atoms with Crippen LogP contribution in [0.2, 0.25) is 0 Å². The summed E-state index contributed by atoms with van der Waals surface area (Å²) in [4.78, 5) is 4.38. The van der Waals surface area contributed by atoms with E-state index >= 15 is 0 Å². The second kappa shape index (κ2) is 6.42. The van der Waals surface area contributed by atoms with Crippen molar-refractivity contribution < 1.29 is 22.0 Å². The van der Waals surface area contributed by atoms with Gasteiger partial charge in [0.1, 0.15) is 0 Å². The summed E-state index contributed by atoms with van der Waals surface area (Å²) in [5.74, 6) is 0.785. The molecule has 0 N–H and O–H groups in total. The number of nitrogens with zero attached hydrogens (tertiary/aromatic N) is 1. The molecule has 0 aliphatic carbocycles. The number of rotatable bonds is 0. The van der Waals surface area contributed by atoms with E-state index in [0.717, 1.165) is 30.8 Å². The Morgan fingerprint density at radius 2 is 1.78 bits per heavy atom. The number of benzene rings is 1. The van der Waals surface area contributed by atoms with Crippen LogP contribution in [0.25, 0.3) is 0 Å². The first-order valence-electron chi connectivity index (χ1n) is 5.46. The maximum atomic E-state index is 9.75. The minimum Gasteiger partial charge on any atom is -0.481 e. The van der Waals surface area contributed by atoms with Crippen LogP contribution in [-0.4, -0.2) is 26.8 Å². The van der Waals surface area contributed by atoms with Crippen molar-refractivity contribution in [2.75, 3.05) is 13.7 Å². The Kier molecular flexibility index (Phi) is 5.18. The molecule has 100 valence electrons. The van der Waals surface area contributed by atoms with Crippen molar-refractivity contribution in [3.63, 3.8) is 0 Å². The van der Waals surface area contributed by atoms with Crippen LogP contribution < -0.4 is 0 Å². The number of aliphatic imine (C=N–C) groups is 1. The molecule has 0 atom stereocenters. The normalized spacial score (nSPS) is 14.6. The van der Waals surface area contributed by atoms with Crippen LogP contribution in [0.3, 0.4) is 0 Å².